The molecule has 0 saturated carbocycles. The standard InChI is InChI=1S/C12H14BrClN2/c1-2-3-4-5-12(16-15)10-7-6-9(13)8-11(10)14/h6-8,12,16H,4-5,15H2,1H3. The molecule has 4 heteroatoms. The van der Waals surface area contributed by atoms with Crippen LogP contribution in [-0.2, 0) is 0 Å². The zero-order chi connectivity index (χ0) is 12.0. The van der Waals surface area contributed by atoms with E-state index < -0.39 is 0 Å². The number of hydrogen-bond acceptors (Lipinski definition) is 2. The highest BCUT2D eigenvalue weighted by Gasteiger charge is 2.12. The van der Waals surface area contributed by atoms with Crippen LogP contribution in [0.5, 0.6) is 0 Å². The minimum atomic E-state index is 0.0430. The van der Waals surface area contributed by atoms with E-state index in [-0.39, 0.29) is 6.04 Å². The highest BCUT2D eigenvalue weighted by molar-refractivity contribution is 9.10. The van der Waals surface area contributed by atoms with Gasteiger partial charge in [-0.25, -0.2) is 0 Å². The first kappa shape index (κ1) is 13.5. The van der Waals surface area contributed by atoms with Crippen LogP contribution in [0.4, 0.5) is 0 Å². The van der Waals surface area contributed by atoms with Crippen molar-refractivity contribution in [1.82, 2.24) is 5.43 Å². The van der Waals surface area contributed by atoms with E-state index in [2.05, 4.69) is 33.2 Å². The predicted molar refractivity (Wildman–Crippen MR) is 71.9 cm³/mol. The van der Waals surface area contributed by atoms with Crippen LogP contribution in [0.1, 0.15) is 31.4 Å². The lowest BCUT2D eigenvalue weighted by Crippen LogP contribution is -2.28. The van der Waals surface area contributed by atoms with E-state index in [1.165, 1.54) is 0 Å². The summed E-state index contributed by atoms with van der Waals surface area (Å²) in [5.41, 5.74) is 3.77. The molecule has 3 N–H and O–H groups in total. The van der Waals surface area contributed by atoms with E-state index in [0.717, 1.165) is 22.9 Å². The molecular weight excluding hydrogens is 288 g/mol. The topological polar surface area (TPSA) is 38.0 Å². The summed E-state index contributed by atoms with van der Waals surface area (Å²) in [5.74, 6) is 11.4. The van der Waals surface area contributed by atoms with Gasteiger partial charge in [0.15, 0.2) is 0 Å². The maximum atomic E-state index is 6.15. The Morgan fingerprint density at radius 3 is 2.88 bits per heavy atom. The largest absolute Gasteiger partial charge is 0.271 e. The van der Waals surface area contributed by atoms with Crippen molar-refractivity contribution < 1.29 is 0 Å². The number of nitrogens with two attached hydrogens (primary N) is 1. The highest BCUT2D eigenvalue weighted by Crippen LogP contribution is 2.28. The zero-order valence-electron chi connectivity index (χ0n) is 9.06. The molecule has 1 atom stereocenters. The van der Waals surface area contributed by atoms with Crippen LogP contribution in [0.3, 0.4) is 0 Å². The van der Waals surface area contributed by atoms with Crippen molar-refractivity contribution in [3.05, 3.63) is 33.3 Å². The van der Waals surface area contributed by atoms with E-state index in [0.29, 0.717) is 5.02 Å². The van der Waals surface area contributed by atoms with Gasteiger partial charge in [0.05, 0.1) is 0 Å². The maximum absolute atomic E-state index is 6.15. The van der Waals surface area contributed by atoms with Crippen molar-refractivity contribution in [2.75, 3.05) is 0 Å². The number of halogens is 2. The predicted octanol–water partition coefficient (Wildman–Crippen LogP) is 3.41. The van der Waals surface area contributed by atoms with Crippen LogP contribution < -0.4 is 11.3 Å². The van der Waals surface area contributed by atoms with Crippen molar-refractivity contribution >= 4 is 27.5 Å². The fraction of sp³-hybridized carbons (Fsp3) is 0.333. The Labute approximate surface area is 110 Å². The van der Waals surface area contributed by atoms with Gasteiger partial charge in [0.25, 0.3) is 0 Å². The number of rotatable bonds is 4. The Kier molecular flexibility index (Phi) is 5.86. The minimum Gasteiger partial charge on any atom is -0.271 e. The normalized spacial score (nSPS) is 11.8. The van der Waals surface area contributed by atoms with E-state index in [9.17, 15) is 0 Å². The molecule has 1 unspecified atom stereocenters. The van der Waals surface area contributed by atoms with E-state index >= 15 is 0 Å². The monoisotopic (exact) mass is 300 g/mol. The van der Waals surface area contributed by atoms with Gasteiger partial charge in [-0.2, -0.15) is 0 Å². The molecule has 86 valence electrons. The molecule has 1 aromatic carbocycles. The molecule has 0 aliphatic heterocycles. The molecule has 16 heavy (non-hydrogen) atoms. The molecule has 0 aliphatic rings. The first-order valence-corrected chi connectivity index (χ1v) is 6.16. The molecular formula is C12H14BrClN2. The molecule has 0 heterocycles. The van der Waals surface area contributed by atoms with Gasteiger partial charge in [-0.05, 0) is 31.0 Å². The van der Waals surface area contributed by atoms with Crippen molar-refractivity contribution in [3.8, 4) is 11.8 Å². The van der Waals surface area contributed by atoms with Gasteiger partial charge < -0.3 is 0 Å². The Hall–Kier alpha value is -0.530. The van der Waals surface area contributed by atoms with E-state index in [4.69, 9.17) is 17.4 Å². The third kappa shape index (κ3) is 3.80. The average molecular weight is 302 g/mol. The summed E-state index contributed by atoms with van der Waals surface area (Å²) >= 11 is 9.53. The van der Waals surface area contributed by atoms with Crippen LogP contribution in [0.15, 0.2) is 22.7 Å². The molecule has 0 radical (unpaired) electrons. The summed E-state index contributed by atoms with van der Waals surface area (Å²) in [7, 11) is 0. The quantitative estimate of drug-likeness (QED) is 0.508. The van der Waals surface area contributed by atoms with Crippen LogP contribution in [0, 0.1) is 11.8 Å². The van der Waals surface area contributed by atoms with Crippen molar-refractivity contribution in [3.63, 3.8) is 0 Å². The first-order valence-electron chi connectivity index (χ1n) is 4.99. The van der Waals surface area contributed by atoms with Gasteiger partial charge in [-0.3, -0.25) is 11.3 Å². The molecule has 0 spiro atoms. The van der Waals surface area contributed by atoms with E-state index in [1.54, 1.807) is 0 Å². The lowest BCUT2D eigenvalue weighted by Gasteiger charge is -2.16. The summed E-state index contributed by atoms with van der Waals surface area (Å²) in [6.45, 7) is 1.83. The third-order valence-corrected chi connectivity index (χ3v) is 3.09. The van der Waals surface area contributed by atoms with E-state index in [1.807, 2.05) is 25.1 Å². The molecule has 0 bridgehead atoms. The van der Waals surface area contributed by atoms with Gasteiger partial charge in [-0.1, -0.05) is 33.6 Å². The van der Waals surface area contributed by atoms with Crippen LogP contribution >= 0.6 is 27.5 Å². The van der Waals surface area contributed by atoms with Crippen molar-refractivity contribution in [2.24, 2.45) is 5.84 Å². The fourth-order valence-electron chi connectivity index (χ4n) is 1.45. The third-order valence-electron chi connectivity index (χ3n) is 2.27. The lowest BCUT2D eigenvalue weighted by atomic mass is 10.0. The Bertz CT molecular complexity index is 409. The van der Waals surface area contributed by atoms with Gasteiger partial charge in [0, 0.05) is 22.0 Å². The molecule has 0 saturated heterocycles. The Morgan fingerprint density at radius 1 is 1.56 bits per heavy atom. The minimum absolute atomic E-state index is 0.0430. The zero-order valence-corrected chi connectivity index (χ0v) is 11.4. The molecule has 1 aromatic rings. The summed E-state index contributed by atoms with van der Waals surface area (Å²) in [6.07, 6.45) is 1.65. The second-order valence-corrected chi connectivity index (χ2v) is 4.67. The molecule has 0 aromatic heterocycles. The van der Waals surface area contributed by atoms with Gasteiger partial charge in [0.2, 0.25) is 0 Å². The number of hydrazine groups is 1. The van der Waals surface area contributed by atoms with Gasteiger partial charge in [-0.15, -0.1) is 11.8 Å². The van der Waals surface area contributed by atoms with Gasteiger partial charge >= 0.3 is 0 Å². The summed E-state index contributed by atoms with van der Waals surface area (Å²) < 4.78 is 0.963. The molecule has 0 aliphatic carbocycles. The number of benzene rings is 1. The fourth-order valence-corrected chi connectivity index (χ4v) is 2.26. The second-order valence-electron chi connectivity index (χ2n) is 3.35. The van der Waals surface area contributed by atoms with Crippen LogP contribution in [0.2, 0.25) is 5.02 Å². The summed E-state index contributed by atoms with van der Waals surface area (Å²) in [5, 5.41) is 0.710. The molecule has 1 rings (SSSR count). The smallest absolute Gasteiger partial charge is 0.0483 e. The SMILES string of the molecule is CC#CCCC(NN)c1ccc(Br)cc1Cl. The van der Waals surface area contributed by atoms with Gasteiger partial charge in [0.1, 0.15) is 0 Å². The summed E-state index contributed by atoms with van der Waals surface area (Å²) in [6, 6.07) is 5.83. The maximum Gasteiger partial charge on any atom is 0.0483 e. The van der Waals surface area contributed by atoms with Crippen LogP contribution in [-0.4, -0.2) is 0 Å². The Morgan fingerprint density at radius 2 is 2.31 bits per heavy atom. The Balaban J connectivity index is 2.80. The lowest BCUT2D eigenvalue weighted by molar-refractivity contribution is 0.524. The highest BCUT2D eigenvalue weighted by atomic mass is 79.9. The summed E-state index contributed by atoms with van der Waals surface area (Å²) in [4.78, 5) is 0. The molecule has 0 amide bonds. The number of nitrogens with one attached hydrogen (secondary N) is 1. The molecule has 0 fully saturated rings. The molecule has 2 nitrogen and oxygen atoms in total. The van der Waals surface area contributed by atoms with Crippen molar-refractivity contribution in [1.29, 1.82) is 0 Å². The van der Waals surface area contributed by atoms with Crippen LogP contribution in [0.25, 0.3) is 0 Å². The average Bonchev–Trinajstić information content (AvgIpc) is 2.26. The second kappa shape index (κ2) is 6.93. The van der Waals surface area contributed by atoms with Crippen molar-refractivity contribution in [2.45, 2.75) is 25.8 Å². The number of hydrogen-bond donors (Lipinski definition) is 2. The first-order chi connectivity index (χ1) is 7.69.